The van der Waals surface area contributed by atoms with Crippen molar-refractivity contribution in [3.8, 4) is 0 Å². The molecule has 70 valence electrons. The molecule has 0 amide bonds. The van der Waals surface area contributed by atoms with Crippen LogP contribution in [0.5, 0.6) is 0 Å². The van der Waals surface area contributed by atoms with E-state index in [1.165, 1.54) is 5.56 Å². The maximum absolute atomic E-state index is 5.64. The van der Waals surface area contributed by atoms with Gasteiger partial charge in [0.15, 0.2) is 0 Å². The maximum Gasteiger partial charge on any atom is 0.0961 e. The van der Waals surface area contributed by atoms with E-state index < -0.39 is 0 Å². The predicted octanol–water partition coefficient (Wildman–Crippen LogP) is 1.90. The van der Waals surface area contributed by atoms with E-state index in [9.17, 15) is 0 Å². The van der Waals surface area contributed by atoms with Gasteiger partial charge in [-0.25, -0.2) is 4.31 Å². The molecule has 1 aliphatic rings. The zero-order valence-corrected chi connectivity index (χ0v) is 8.28. The average molecular weight is 195 g/mol. The van der Waals surface area contributed by atoms with Crippen molar-refractivity contribution in [3.05, 3.63) is 35.9 Å². The third-order valence-corrected chi connectivity index (χ3v) is 2.58. The Morgan fingerprint density at radius 3 is 2.77 bits per heavy atom. The summed E-state index contributed by atoms with van der Waals surface area (Å²) in [7, 11) is 0. The van der Waals surface area contributed by atoms with Crippen LogP contribution in [-0.2, 0) is 4.74 Å². The molecule has 1 aromatic rings. The second-order valence-electron chi connectivity index (χ2n) is 3.18. The fraction of sp³-hybridized carbons (Fsp3) is 0.400. The standard InChI is InChI=1S/C10H13NOS/c13-11-6-7-12-10(8-11)9-4-2-1-3-5-9/h1-5,10,13H,6-8H2. The lowest BCUT2D eigenvalue weighted by Crippen LogP contribution is -2.31. The van der Waals surface area contributed by atoms with Crippen molar-refractivity contribution in [1.29, 1.82) is 0 Å². The monoisotopic (exact) mass is 195 g/mol. The lowest BCUT2D eigenvalue weighted by molar-refractivity contribution is 0.00122. The zero-order valence-electron chi connectivity index (χ0n) is 7.39. The number of hydrogen-bond donors (Lipinski definition) is 1. The average Bonchev–Trinajstić information content (AvgIpc) is 2.19. The fourth-order valence-electron chi connectivity index (χ4n) is 1.51. The first kappa shape index (κ1) is 9.06. The molecule has 1 unspecified atom stereocenters. The summed E-state index contributed by atoms with van der Waals surface area (Å²) in [6.07, 6.45) is 0.187. The van der Waals surface area contributed by atoms with Gasteiger partial charge in [0.2, 0.25) is 0 Å². The minimum atomic E-state index is 0.187. The van der Waals surface area contributed by atoms with E-state index in [2.05, 4.69) is 24.9 Å². The summed E-state index contributed by atoms with van der Waals surface area (Å²) in [4.78, 5) is 0. The molecule has 1 heterocycles. The number of morpholine rings is 1. The van der Waals surface area contributed by atoms with Crippen LogP contribution in [0.25, 0.3) is 0 Å². The molecule has 0 saturated carbocycles. The molecule has 3 heteroatoms. The van der Waals surface area contributed by atoms with Crippen molar-refractivity contribution in [2.45, 2.75) is 6.10 Å². The molecule has 1 saturated heterocycles. The molecular weight excluding hydrogens is 182 g/mol. The van der Waals surface area contributed by atoms with Crippen LogP contribution in [-0.4, -0.2) is 24.0 Å². The van der Waals surface area contributed by atoms with Gasteiger partial charge in [-0.2, -0.15) is 0 Å². The number of ether oxygens (including phenoxy) is 1. The molecule has 0 aliphatic carbocycles. The summed E-state index contributed by atoms with van der Waals surface area (Å²) in [5, 5.41) is 0. The van der Waals surface area contributed by atoms with Crippen molar-refractivity contribution in [2.24, 2.45) is 0 Å². The topological polar surface area (TPSA) is 12.5 Å². The van der Waals surface area contributed by atoms with Crippen molar-refractivity contribution in [1.82, 2.24) is 4.31 Å². The molecule has 1 fully saturated rings. The Hall–Kier alpha value is -0.510. The highest BCUT2D eigenvalue weighted by atomic mass is 32.1. The molecule has 1 aliphatic heterocycles. The Morgan fingerprint density at radius 2 is 2.08 bits per heavy atom. The Morgan fingerprint density at radius 1 is 1.31 bits per heavy atom. The zero-order chi connectivity index (χ0) is 9.10. The second kappa shape index (κ2) is 4.13. The Balaban J connectivity index is 2.08. The highest BCUT2D eigenvalue weighted by Gasteiger charge is 2.19. The van der Waals surface area contributed by atoms with Gasteiger partial charge in [0.1, 0.15) is 0 Å². The molecule has 0 bridgehead atoms. The summed E-state index contributed by atoms with van der Waals surface area (Å²) in [5.74, 6) is 0. The molecule has 0 spiro atoms. The van der Waals surface area contributed by atoms with E-state index in [4.69, 9.17) is 4.74 Å². The molecule has 1 aromatic carbocycles. The lowest BCUT2D eigenvalue weighted by Gasteiger charge is -2.29. The molecule has 2 nitrogen and oxygen atoms in total. The van der Waals surface area contributed by atoms with E-state index in [0.29, 0.717) is 0 Å². The van der Waals surface area contributed by atoms with Crippen LogP contribution >= 0.6 is 12.8 Å². The summed E-state index contributed by atoms with van der Waals surface area (Å²) < 4.78 is 7.64. The molecule has 0 aromatic heterocycles. The number of rotatable bonds is 1. The minimum Gasteiger partial charge on any atom is -0.371 e. The van der Waals surface area contributed by atoms with E-state index in [1.54, 1.807) is 0 Å². The van der Waals surface area contributed by atoms with Crippen LogP contribution in [0.2, 0.25) is 0 Å². The van der Waals surface area contributed by atoms with Crippen LogP contribution in [0.1, 0.15) is 11.7 Å². The smallest absolute Gasteiger partial charge is 0.0961 e. The van der Waals surface area contributed by atoms with E-state index in [1.807, 2.05) is 22.5 Å². The molecule has 0 radical (unpaired) electrons. The molecule has 2 rings (SSSR count). The Bertz CT molecular complexity index is 265. The Labute approximate surface area is 84.0 Å². The summed E-state index contributed by atoms with van der Waals surface area (Å²) in [6, 6.07) is 10.3. The van der Waals surface area contributed by atoms with Crippen LogP contribution in [0.4, 0.5) is 0 Å². The lowest BCUT2D eigenvalue weighted by atomic mass is 10.1. The molecule has 13 heavy (non-hydrogen) atoms. The van der Waals surface area contributed by atoms with Crippen molar-refractivity contribution < 1.29 is 4.74 Å². The fourth-order valence-corrected chi connectivity index (χ4v) is 1.74. The van der Waals surface area contributed by atoms with Gasteiger partial charge in [-0.05, 0) is 5.56 Å². The molecule has 1 atom stereocenters. The van der Waals surface area contributed by atoms with Crippen molar-refractivity contribution >= 4 is 12.8 Å². The Kier molecular flexibility index (Phi) is 2.88. The second-order valence-corrected chi connectivity index (χ2v) is 3.75. The third-order valence-electron chi connectivity index (χ3n) is 2.22. The maximum atomic E-state index is 5.64. The first-order valence-corrected chi connectivity index (χ1v) is 4.86. The van der Waals surface area contributed by atoms with Gasteiger partial charge in [-0.15, -0.1) is 0 Å². The minimum absolute atomic E-state index is 0.187. The SMILES string of the molecule is SN1CCOC(c2ccccc2)C1. The van der Waals surface area contributed by atoms with Crippen molar-refractivity contribution in [3.63, 3.8) is 0 Å². The van der Waals surface area contributed by atoms with E-state index in [0.717, 1.165) is 19.7 Å². The quantitative estimate of drug-likeness (QED) is 0.687. The predicted molar refractivity (Wildman–Crippen MR) is 55.7 cm³/mol. The van der Waals surface area contributed by atoms with E-state index in [-0.39, 0.29) is 6.10 Å². The molecular formula is C10H13NOS. The number of benzene rings is 1. The van der Waals surface area contributed by atoms with Gasteiger partial charge in [-0.3, -0.25) is 0 Å². The summed E-state index contributed by atoms with van der Waals surface area (Å²) >= 11 is 4.32. The van der Waals surface area contributed by atoms with Gasteiger partial charge in [0.05, 0.1) is 12.7 Å². The van der Waals surface area contributed by atoms with Crippen LogP contribution < -0.4 is 0 Å². The normalized spacial score (nSPS) is 24.5. The van der Waals surface area contributed by atoms with E-state index >= 15 is 0 Å². The first-order valence-electron chi connectivity index (χ1n) is 4.46. The van der Waals surface area contributed by atoms with Crippen LogP contribution in [0.15, 0.2) is 30.3 Å². The van der Waals surface area contributed by atoms with Gasteiger partial charge in [0.25, 0.3) is 0 Å². The van der Waals surface area contributed by atoms with Gasteiger partial charge >= 0.3 is 0 Å². The number of nitrogens with zero attached hydrogens (tertiary/aromatic N) is 1. The van der Waals surface area contributed by atoms with Gasteiger partial charge in [-0.1, -0.05) is 43.1 Å². The first-order chi connectivity index (χ1) is 6.36. The summed E-state index contributed by atoms with van der Waals surface area (Å²) in [5.41, 5.74) is 1.24. The van der Waals surface area contributed by atoms with Crippen LogP contribution in [0, 0.1) is 0 Å². The number of hydrogen-bond acceptors (Lipinski definition) is 3. The largest absolute Gasteiger partial charge is 0.371 e. The summed E-state index contributed by atoms with van der Waals surface area (Å²) in [6.45, 7) is 2.54. The van der Waals surface area contributed by atoms with Crippen molar-refractivity contribution in [2.75, 3.05) is 19.7 Å². The molecule has 0 N–H and O–H groups in total. The number of thiol groups is 1. The highest BCUT2D eigenvalue weighted by molar-refractivity contribution is 7.77. The van der Waals surface area contributed by atoms with Crippen LogP contribution in [0.3, 0.4) is 0 Å². The third kappa shape index (κ3) is 2.24. The highest BCUT2D eigenvalue weighted by Crippen LogP contribution is 2.22. The van der Waals surface area contributed by atoms with Gasteiger partial charge in [0, 0.05) is 13.1 Å². The van der Waals surface area contributed by atoms with Gasteiger partial charge < -0.3 is 4.74 Å².